The molecule has 2 aromatic heterocycles. The van der Waals surface area contributed by atoms with Gasteiger partial charge in [0.2, 0.25) is 5.95 Å². The monoisotopic (exact) mass is 390 g/mol. The van der Waals surface area contributed by atoms with E-state index in [1.54, 1.807) is 41.4 Å². The number of nitrogens with one attached hydrogen (secondary N) is 3. The van der Waals surface area contributed by atoms with Crippen LogP contribution in [-0.2, 0) is 0 Å². The van der Waals surface area contributed by atoms with Crippen LogP contribution in [0.25, 0.3) is 11.0 Å². The number of likely N-dealkylation sites (tertiary alicyclic amines) is 1. The van der Waals surface area contributed by atoms with Crippen molar-refractivity contribution in [2.24, 2.45) is 0 Å². The molecule has 0 aliphatic carbocycles. The second kappa shape index (κ2) is 7.02. The highest BCUT2D eigenvalue weighted by Gasteiger charge is 2.27. The summed E-state index contributed by atoms with van der Waals surface area (Å²) in [5.74, 6) is 0.206. The molecule has 10 heteroatoms. The zero-order chi connectivity index (χ0) is 19.7. The average molecular weight is 390 g/mol. The van der Waals surface area contributed by atoms with E-state index in [-0.39, 0.29) is 17.7 Å². The normalized spacial score (nSPS) is 14.0. The number of fused-ring (bicyclic) bond motifs is 1. The van der Waals surface area contributed by atoms with E-state index in [0.717, 1.165) is 19.5 Å². The molecular formula is C18H17F3N6O. The summed E-state index contributed by atoms with van der Waals surface area (Å²) in [6, 6.07) is 8.40. The van der Waals surface area contributed by atoms with Crippen molar-refractivity contribution in [1.82, 2.24) is 19.9 Å². The fourth-order valence-electron chi connectivity index (χ4n) is 2.84. The first kappa shape index (κ1) is 18.1. The van der Waals surface area contributed by atoms with Gasteiger partial charge >= 0.3 is 6.18 Å². The standard InChI is InChI=1S/C18H17F3N6O/c19-18(20,21)10-23-15-13-6-7-22-14(13)25-17(26-15)24-12-4-2-11(3-5-12)16(28)27-8-1-9-27/h2-7H,1,8-10H2,(H3,22,23,24,25,26). The van der Waals surface area contributed by atoms with Crippen LogP contribution in [0.15, 0.2) is 36.5 Å². The lowest BCUT2D eigenvalue weighted by molar-refractivity contribution is -0.115. The largest absolute Gasteiger partial charge is 0.405 e. The number of rotatable bonds is 5. The Kier molecular flexibility index (Phi) is 4.54. The van der Waals surface area contributed by atoms with Crippen LogP contribution in [0.3, 0.4) is 0 Å². The van der Waals surface area contributed by atoms with Crippen molar-refractivity contribution in [1.29, 1.82) is 0 Å². The van der Waals surface area contributed by atoms with Gasteiger partial charge in [-0.2, -0.15) is 23.1 Å². The van der Waals surface area contributed by atoms with E-state index in [0.29, 0.717) is 22.3 Å². The van der Waals surface area contributed by atoms with Gasteiger partial charge in [0.05, 0.1) is 5.39 Å². The molecule has 0 radical (unpaired) electrons. The number of hydrogen-bond donors (Lipinski definition) is 3. The van der Waals surface area contributed by atoms with E-state index in [9.17, 15) is 18.0 Å². The van der Waals surface area contributed by atoms with Crippen molar-refractivity contribution < 1.29 is 18.0 Å². The van der Waals surface area contributed by atoms with Crippen LogP contribution in [0.1, 0.15) is 16.8 Å². The predicted molar refractivity (Wildman–Crippen MR) is 98.7 cm³/mol. The quantitative estimate of drug-likeness (QED) is 0.621. The van der Waals surface area contributed by atoms with Crippen molar-refractivity contribution in [3.63, 3.8) is 0 Å². The summed E-state index contributed by atoms with van der Waals surface area (Å²) in [4.78, 5) is 25.2. The molecule has 1 aliphatic heterocycles. The van der Waals surface area contributed by atoms with E-state index in [4.69, 9.17) is 0 Å². The summed E-state index contributed by atoms with van der Waals surface area (Å²) >= 11 is 0. The van der Waals surface area contributed by atoms with E-state index < -0.39 is 12.7 Å². The Morgan fingerprint density at radius 1 is 1.14 bits per heavy atom. The number of anilines is 3. The maximum atomic E-state index is 12.5. The van der Waals surface area contributed by atoms with Gasteiger partial charge in [0.15, 0.2) is 0 Å². The molecule has 0 saturated carbocycles. The SMILES string of the molecule is O=C(c1ccc(Nc2nc(NCC(F)(F)F)c3cc[nH]c3n2)cc1)N1CCC1. The van der Waals surface area contributed by atoms with Crippen LogP contribution >= 0.6 is 0 Å². The number of alkyl halides is 3. The van der Waals surface area contributed by atoms with Gasteiger partial charge in [0, 0.05) is 30.5 Å². The highest BCUT2D eigenvalue weighted by atomic mass is 19.4. The number of hydrogen-bond acceptors (Lipinski definition) is 5. The van der Waals surface area contributed by atoms with Crippen molar-refractivity contribution >= 4 is 34.4 Å². The molecule has 0 atom stereocenters. The molecule has 1 aromatic carbocycles. The Bertz CT molecular complexity index is 995. The Morgan fingerprint density at radius 3 is 2.54 bits per heavy atom. The third-order valence-electron chi connectivity index (χ3n) is 4.40. The van der Waals surface area contributed by atoms with Crippen LogP contribution < -0.4 is 10.6 Å². The molecule has 3 heterocycles. The third-order valence-corrected chi connectivity index (χ3v) is 4.40. The maximum absolute atomic E-state index is 12.5. The number of carbonyl (C=O) groups excluding carboxylic acids is 1. The molecule has 3 aromatic rings. The number of halogens is 3. The van der Waals surface area contributed by atoms with Crippen molar-refractivity contribution in [2.75, 3.05) is 30.3 Å². The number of carbonyl (C=O) groups is 1. The molecule has 3 N–H and O–H groups in total. The van der Waals surface area contributed by atoms with Crippen LogP contribution in [0.5, 0.6) is 0 Å². The number of H-pyrrole nitrogens is 1. The summed E-state index contributed by atoms with van der Waals surface area (Å²) in [6.07, 6.45) is -1.76. The third kappa shape index (κ3) is 3.85. The van der Waals surface area contributed by atoms with E-state index in [1.807, 2.05) is 0 Å². The Balaban J connectivity index is 1.53. The summed E-state index contributed by atoms with van der Waals surface area (Å²) in [5, 5.41) is 5.72. The minimum absolute atomic E-state index is 0.0134. The molecule has 0 spiro atoms. The summed E-state index contributed by atoms with van der Waals surface area (Å²) in [5.41, 5.74) is 1.61. The molecule has 7 nitrogen and oxygen atoms in total. The van der Waals surface area contributed by atoms with E-state index in [2.05, 4.69) is 25.6 Å². The first-order chi connectivity index (χ1) is 13.4. The van der Waals surface area contributed by atoms with E-state index >= 15 is 0 Å². The smallest absolute Gasteiger partial charge is 0.360 e. The van der Waals surface area contributed by atoms with Crippen LogP contribution in [-0.4, -0.2) is 51.6 Å². The van der Waals surface area contributed by atoms with Gasteiger partial charge in [-0.3, -0.25) is 4.79 Å². The highest BCUT2D eigenvalue weighted by Crippen LogP contribution is 2.25. The summed E-state index contributed by atoms with van der Waals surface area (Å²) in [6.45, 7) is 0.351. The minimum atomic E-state index is -4.36. The molecule has 146 valence electrons. The number of aromatic amines is 1. The fourth-order valence-corrected chi connectivity index (χ4v) is 2.84. The number of nitrogens with zero attached hydrogens (tertiary/aromatic N) is 3. The van der Waals surface area contributed by atoms with Gasteiger partial charge in [0.25, 0.3) is 5.91 Å². The van der Waals surface area contributed by atoms with Crippen LogP contribution in [0, 0.1) is 0 Å². The van der Waals surface area contributed by atoms with Crippen molar-refractivity contribution in [3.8, 4) is 0 Å². The zero-order valence-electron chi connectivity index (χ0n) is 14.7. The van der Waals surface area contributed by atoms with Crippen molar-refractivity contribution in [2.45, 2.75) is 12.6 Å². The highest BCUT2D eigenvalue weighted by molar-refractivity contribution is 5.95. The Morgan fingerprint density at radius 2 is 1.89 bits per heavy atom. The van der Waals surface area contributed by atoms with Gasteiger partial charge in [0.1, 0.15) is 18.0 Å². The second-order valence-electron chi connectivity index (χ2n) is 6.45. The first-order valence-corrected chi connectivity index (χ1v) is 8.71. The predicted octanol–water partition coefficient (Wildman–Crippen LogP) is 3.52. The lowest BCUT2D eigenvalue weighted by Gasteiger charge is -2.30. The van der Waals surface area contributed by atoms with E-state index in [1.165, 1.54) is 0 Å². The molecule has 28 heavy (non-hydrogen) atoms. The van der Waals surface area contributed by atoms with Crippen molar-refractivity contribution in [3.05, 3.63) is 42.1 Å². The molecule has 1 aliphatic rings. The summed E-state index contributed by atoms with van der Waals surface area (Å²) in [7, 11) is 0. The lowest BCUT2D eigenvalue weighted by atomic mass is 10.1. The Hall–Kier alpha value is -3.30. The number of benzene rings is 1. The molecule has 1 saturated heterocycles. The topological polar surface area (TPSA) is 85.9 Å². The molecule has 4 rings (SSSR count). The number of aromatic nitrogens is 3. The molecule has 0 unspecified atom stereocenters. The lowest BCUT2D eigenvalue weighted by Crippen LogP contribution is -2.41. The molecular weight excluding hydrogens is 373 g/mol. The fraction of sp³-hybridized carbons (Fsp3) is 0.278. The Labute approximate surface area is 158 Å². The summed E-state index contributed by atoms with van der Waals surface area (Å²) < 4.78 is 37.6. The zero-order valence-corrected chi connectivity index (χ0v) is 14.7. The van der Waals surface area contributed by atoms with Gasteiger partial charge in [-0.1, -0.05) is 0 Å². The molecule has 0 bridgehead atoms. The molecule has 1 amide bonds. The molecule has 1 fully saturated rings. The second-order valence-corrected chi connectivity index (χ2v) is 6.45. The maximum Gasteiger partial charge on any atom is 0.405 e. The van der Waals surface area contributed by atoms with Gasteiger partial charge in [-0.15, -0.1) is 0 Å². The van der Waals surface area contributed by atoms with Crippen LogP contribution in [0.4, 0.5) is 30.6 Å². The first-order valence-electron chi connectivity index (χ1n) is 8.71. The average Bonchev–Trinajstić information content (AvgIpc) is 3.06. The van der Waals surface area contributed by atoms with Gasteiger partial charge in [-0.05, 0) is 36.8 Å². The number of amides is 1. The van der Waals surface area contributed by atoms with Gasteiger partial charge < -0.3 is 20.5 Å². The minimum Gasteiger partial charge on any atom is -0.360 e. The van der Waals surface area contributed by atoms with Crippen LogP contribution in [0.2, 0.25) is 0 Å². The van der Waals surface area contributed by atoms with Gasteiger partial charge in [-0.25, -0.2) is 0 Å².